The molecule has 1 aliphatic rings. The summed E-state index contributed by atoms with van der Waals surface area (Å²) in [5, 5.41) is 0. The van der Waals surface area contributed by atoms with E-state index in [2.05, 4.69) is 4.98 Å². The Morgan fingerprint density at radius 2 is 2.00 bits per heavy atom. The average Bonchev–Trinajstić information content (AvgIpc) is 2.84. The van der Waals surface area contributed by atoms with Crippen molar-refractivity contribution >= 4 is 5.78 Å². The lowest BCUT2D eigenvalue weighted by molar-refractivity contribution is 0.0965. The number of ether oxygens (including phenoxy) is 1. The highest BCUT2D eigenvalue weighted by molar-refractivity contribution is 5.97. The topological polar surface area (TPSA) is 44.1 Å². The van der Waals surface area contributed by atoms with Crippen molar-refractivity contribution in [2.75, 3.05) is 7.11 Å². The molecule has 18 heavy (non-hydrogen) atoms. The smallest absolute Gasteiger partial charge is 0.181 e. The molecule has 1 aromatic carbocycles. The van der Waals surface area contributed by atoms with E-state index in [1.54, 1.807) is 13.4 Å². The molecule has 1 aromatic heterocycles. The van der Waals surface area contributed by atoms with Crippen LogP contribution in [0.15, 0.2) is 30.6 Å². The highest BCUT2D eigenvalue weighted by atomic mass is 16.5. The first-order chi connectivity index (χ1) is 8.79. The number of hydrogen-bond donors (Lipinski definition) is 0. The largest absolute Gasteiger partial charge is 0.497 e. The molecule has 4 nitrogen and oxygen atoms in total. The Morgan fingerprint density at radius 3 is 2.72 bits per heavy atom. The molecule has 0 bridgehead atoms. The zero-order chi connectivity index (χ0) is 12.5. The molecule has 4 heteroatoms. The van der Waals surface area contributed by atoms with Crippen LogP contribution in [0, 0.1) is 0 Å². The number of aromatic nitrogens is 2. The summed E-state index contributed by atoms with van der Waals surface area (Å²) >= 11 is 0. The number of carbonyl (C=O) groups excluding carboxylic acids is 1. The summed E-state index contributed by atoms with van der Waals surface area (Å²) in [4.78, 5) is 16.3. The zero-order valence-corrected chi connectivity index (χ0v) is 10.2. The number of rotatable bonds is 2. The number of imidazole rings is 1. The number of hydrogen-bond acceptors (Lipinski definition) is 3. The molecule has 0 saturated carbocycles. The molecule has 1 aliphatic carbocycles. The molecule has 0 amide bonds. The Kier molecular flexibility index (Phi) is 2.63. The summed E-state index contributed by atoms with van der Waals surface area (Å²) in [6, 6.07) is 7.63. The molecule has 2 aromatic rings. The Labute approximate surface area is 105 Å². The summed E-state index contributed by atoms with van der Waals surface area (Å²) < 4.78 is 7.00. The van der Waals surface area contributed by atoms with Crippen molar-refractivity contribution in [3.63, 3.8) is 0 Å². The van der Waals surface area contributed by atoms with Crippen LogP contribution >= 0.6 is 0 Å². The van der Waals surface area contributed by atoms with Crippen LogP contribution in [0.5, 0.6) is 5.75 Å². The fourth-order valence-electron chi connectivity index (χ4n) is 2.34. The van der Waals surface area contributed by atoms with Crippen molar-refractivity contribution in [3.05, 3.63) is 42.0 Å². The van der Waals surface area contributed by atoms with Crippen LogP contribution < -0.4 is 4.74 Å². The highest BCUT2D eigenvalue weighted by Gasteiger charge is 2.23. The fourth-order valence-corrected chi connectivity index (χ4v) is 2.34. The van der Waals surface area contributed by atoms with Gasteiger partial charge in [-0.3, -0.25) is 9.36 Å². The van der Waals surface area contributed by atoms with Crippen molar-refractivity contribution < 1.29 is 9.53 Å². The monoisotopic (exact) mass is 242 g/mol. The molecule has 0 atom stereocenters. The summed E-state index contributed by atoms with van der Waals surface area (Å²) in [5.41, 5.74) is 2.60. The van der Waals surface area contributed by atoms with E-state index in [-0.39, 0.29) is 5.78 Å². The Bertz CT molecular complexity index is 584. The lowest BCUT2D eigenvalue weighted by Gasteiger charge is -2.13. The van der Waals surface area contributed by atoms with Gasteiger partial charge in [-0.2, -0.15) is 0 Å². The zero-order valence-electron chi connectivity index (χ0n) is 10.2. The van der Waals surface area contributed by atoms with Gasteiger partial charge in [0.1, 0.15) is 17.8 Å². The third-order valence-electron chi connectivity index (χ3n) is 3.28. The van der Waals surface area contributed by atoms with Gasteiger partial charge in [0.05, 0.1) is 12.8 Å². The quantitative estimate of drug-likeness (QED) is 0.812. The first kappa shape index (κ1) is 11.0. The first-order valence-corrected chi connectivity index (χ1v) is 6.03. The van der Waals surface area contributed by atoms with Crippen LogP contribution in [0.2, 0.25) is 0 Å². The lowest BCUT2D eigenvalue weighted by Crippen LogP contribution is -2.14. The van der Waals surface area contributed by atoms with Crippen molar-refractivity contribution in [2.24, 2.45) is 0 Å². The molecule has 92 valence electrons. The van der Waals surface area contributed by atoms with Crippen LogP contribution in [0.4, 0.5) is 0 Å². The Morgan fingerprint density at radius 1 is 1.22 bits per heavy atom. The SMILES string of the molecule is COc1ccc(-n2cnc3c2C(=O)CCC3)cc1. The van der Waals surface area contributed by atoms with Gasteiger partial charge in [0.15, 0.2) is 5.78 Å². The van der Waals surface area contributed by atoms with Gasteiger partial charge in [0.2, 0.25) is 0 Å². The van der Waals surface area contributed by atoms with E-state index in [1.807, 2.05) is 28.8 Å². The van der Waals surface area contributed by atoms with Gasteiger partial charge in [-0.05, 0) is 37.1 Å². The minimum atomic E-state index is 0.185. The predicted molar refractivity (Wildman–Crippen MR) is 67.4 cm³/mol. The van der Waals surface area contributed by atoms with E-state index in [1.165, 1.54) is 0 Å². The van der Waals surface area contributed by atoms with E-state index in [9.17, 15) is 4.79 Å². The number of benzene rings is 1. The average molecular weight is 242 g/mol. The molecular weight excluding hydrogens is 228 g/mol. The van der Waals surface area contributed by atoms with Crippen molar-refractivity contribution in [1.29, 1.82) is 0 Å². The standard InChI is InChI=1S/C14H14N2O2/c1-18-11-7-5-10(6-8-11)16-9-15-12-3-2-4-13(17)14(12)16/h5-9H,2-4H2,1H3. The van der Waals surface area contributed by atoms with E-state index in [0.29, 0.717) is 6.42 Å². The fraction of sp³-hybridized carbons (Fsp3) is 0.286. The number of methoxy groups -OCH3 is 1. The van der Waals surface area contributed by atoms with Gasteiger partial charge in [-0.15, -0.1) is 0 Å². The molecule has 0 N–H and O–H groups in total. The predicted octanol–water partition coefficient (Wildman–Crippen LogP) is 2.40. The number of nitrogens with zero attached hydrogens (tertiary/aromatic N) is 2. The maximum atomic E-state index is 12.0. The van der Waals surface area contributed by atoms with E-state index in [0.717, 1.165) is 35.7 Å². The van der Waals surface area contributed by atoms with E-state index in [4.69, 9.17) is 4.74 Å². The molecule has 1 heterocycles. The number of fused-ring (bicyclic) bond motifs is 1. The van der Waals surface area contributed by atoms with Gasteiger partial charge in [-0.25, -0.2) is 4.98 Å². The Hall–Kier alpha value is -2.10. The van der Waals surface area contributed by atoms with Crippen LogP contribution in [-0.4, -0.2) is 22.4 Å². The third kappa shape index (κ3) is 1.70. The molecule has 0 fully saturated rings. The maximum Gasteiger partial charge on any atom is 0.181 e. The number of aryl methyl sites for hydroxylation is 1. The highest BCUT2D eigenvalue weighted by Crippen LogP contribution is 2.24. The van der Waals surface area contributed by atoms with Gasteiger partial charge in [0.25, 0.3) is 0 Å². The maximum absolute atomic E-state index is 12.0. The molecule has 0 unspecified atom stereocenters. The third-order valence-corrected chi connectivity index (χ3v) is 3.28. The Balaban J connectivity index is 2.06. The summed E-state index contributed by atoms with van der Waals surface area (Å²) in [5.74, 6) is 0.989. The normalized spacial score (nSPS) is 14.4. The van der Waals surface area contributed by atoms with Crippen LogP contribution in [0.1, 0.15) is 29.0 Å². The van der Waals surface area contributed by atoms with Gasteiger partial charge in [-0.1, -0.05) is 0 Å². The summed E-state index contributed by atoms with van der Waals surface area (Å²) in [6.07, 6.45) is 4.15. The van der Waals surface area contributed by atoms with E-state index >= 15 is 0 Å². The molecule has 0 aliphatic heterocycles. The second-order valence-corrected chi connectivity index (χ2v) is 4.38. The van der Waals surface area contributed by atoms with Crippen LogP contribution in [0.25, 0.3) is 5.69 Å². The summed E-state index contributed by atoms with van der Waals surface area (Å²) in [6.45, 7) is 0. The van der Waals surface area contributed by atoms with Gasteiger partial charge >= 0.3 is 0 Å². The second-order valence-electron chi connectivity index (χ2n) is 4.38. The minimum absolute atomic E-state index is 0.185. The number of carbonyl (C=O) groups is 1. The van der Waals surface area contributed by atoms with Crippen molar-refractivity contribution in [2.45, 2.75) is 19.3 Å². The minimum Gasteiger partial charge on any atom is -0.497 e. The van der Waals surface area contributed by atoms with Crippen molar-refractivity contribution in [3.8, 4) is 11.4 Å². The summed E-state index contributed by atoms with van der Waals surface area (Å²) in [7, 11) is 1.64. The van der Waals surface area contributed by atoms with Gasteiger partial charge in [0, 0.05) is 12.1 Å². The molecule has 0 saturated heterocycles. The van der Waals surface area contributed by atoms with Crippen LogP contribution in [-0.2, 0) is 6.42 Å². The first-order valence-electron chi connectivity index (χ1n) is 6.03. The van der Waals surface area contributed by atoms with Crippen LogP contribution in [0.3, 0.4) is 0 Å². The second kappa shape index (κ2) is 4.29. The molecular formula is C14H14N2O2. The molecule has 3 rings (SSSR count). The van der Waals surface area contributed by atoms with Gasteiger partial charge < -0.3 is 4.74 Å². The lowest BCUT2D eigenvalue weighted by atomic mass is 10.00. The molecule has 0 spiro atoms. The van der Waals surface area contributed by atoms with E-state index < -0.39 is 0 Å². The molecule has 0 radical (unpaired) electrons. The number of Topliss-reactive ketones (excluding diaryl/α,β-unsaturated/α-hetero) is 1. The van der Waals surface area contributed by atoms with Crippen molar-refractivity contribution in [1.82, 2.24) is 9.55 Å². The number of ketones is 1.